The van der Waals surface area contributed by atoms with Crippen LogP contribution in [0, 0.1) is 0 Å². The molecule has 1 saturated heterocycles. The Labute approximate surface area is 161 Å². The smallest absolute Gasteiger partial charge is 0.321 e. The summed E-state index contributed by atoms with van der Waals surface area (Å²) >= 11 is 0. The summed E-state index contributed by atoms with van der Waals surface area (Å²) in [5, 5.41) is 3.00. The van der Waals surface area contributed by atoms with E-state index >= 15 is 0 Å². The molecular formula is C22H29N3O2. The molecule has 0 unspecified atom stereocenters. The highest BCUT2D eigenvalue weighted by Crippen LogP contribution is 2.24. The number of benzene rings is 1. The number of hydrogen-bond acceptors (Lipinski definition) is 3. The van der Waals surface area contributed by atoms with Gasteiger partial charge in [-0.25, -0.2) is 4.79 Å². The van der Waals surface area contributed by atoms with Crippen molar-refractivity contribution in [2.45, 2.75) is 51.7 Å². The van der Waals surface area contributed by atoms with Crippen molar-refractivity contribution in [3.8, 4) is 0 Å². The predicted molar refractivity (Wildman–Crippen MR) is 108 cm³/mol. The molecule has 0 bridgehead atoms. The van der Waals surface area contributed by atoms with Crippen LogP contribution in [0.3, 0.4) is 0 Å². The molecule has 0 atom stereocenters. The van der Waals surface area contributed by atoms with Crippen molar-refractivity contribution in [2.24, 2.45) is 0 Å². The van der Waals surface area contributed by atoms with Gasteiger partial charge in [-0.3, -0.25) is 4.98 Å². The van der Waals surface area contributed by atoms with Crippen molar-refractivity contribution < 1.29 is 9.53 Å². The largest absolute Gasteiger partial charge is 0.372 e. The van der Waals surface area contributed by atoms with Gasteiger partial charge in [0.05, 0.1) is 18.4 Å². The molecule has 0 saturated carbocycles. The van der Waals surface area contributed by atoms with Crippen molar-refractivity contribution in [3.63, 3.8) is 0 Å². The van der Waals surface area contributed by atoms with E-state index in [4.69, 9.17) is 4.74 Å². The third-order valence-electron chi connectivity index (χ3n) is 4.92. The van der Waals surface area contributed by atoms with E-state index in [2.05, 4.69) is 43.2 Å². The first kappa shape index (κ1) is 19.4. The second kappa shape index (κ2) is 8.53. The molecule has 1 aliphatic rings. The van der Waals surface area contributed by atoms with E-state index in [0.717, 1.165) is 24.2 Å². The van der Waals surface area contributed by atoms with Crippen LogP contribution in [0.25, 0.3) is 0 Å². The molecule has 144 valence electrons. The summed E-state index contributed by atoms with van der Waals surface area (Å²) in [4.78, 5) is 18.6. The summed E-state index contributed by atoms with van der Waals surface area (Å²) in [6, 6.07) is 13.9. The Kier molecular flexibility index (Phi) is 6.11. The molecule has 2 aromatic rings. The molecule has 2 heterocycles. The molecular weight excluding hydrogens is 338 g/mol. The molecule has 5 heteroatoms. The Bertz CT molecular complexity index is 730. The van der Waals surface area contributed by atoms with E-state index in [-0.39, 0.29) is 17.6 Å². The second-order valence-electron chi connectivity index (χ2n) is 8.08. The van der Waals surface area contributed by atoms with Crippen molar-refractivity contribution in [3.05, 3.63) is 59.9 Å². The molecule has 0 spiro atoms. The Morgan fingerprint density at radius 3 is 2.44 bits per heavy atom. The van der Waals surface area contributed by atoms with Gasteiger partial charge in [0.1, 0.15) is 0 Å². The lowest BCUT2D eigenvalue weighted by Crippen LogP contribution is -2.43. The first-order chi connectivity index (χ1) is 12.9. The van der Waals surface area contributed by atoms with Crippen LogP contribution in [0.4, 0.5) is 10.5 Å². The van der Waals surface area contributed by atoms with E-state index in [1.807, 2.05) is 35.2 Å². The van der Waals surface area contributed by atoms with Gasteiger partial charge in [-0.15, -0.1) is 0 Å². The van der Waals surface area contributed by atoms with Crippen molar-refractivity contribution in [1.82, 2.24) is 9.88 Å². The maximum atomic E-state index is 12.5. The fourth-order valence-corrected chi connectivity index (χ4v) is 3.17. The van der Waals surface area contributed by atoms with Crippen molar-refractivity contribution >= 4 is 11.7 Å². The molecule has 0 radical (unpaired) electrons. The highest BCUT2D eigenvalue weighted by atomic mass is 16.5. The van der Waals surface area contributed by atoms with Gasteiger partial charge in [-0.1, -0.05) is 39.0 Å². The summed E-state index contributed by atoms with van der Waals surface area (Å²) < 4.78 is 5.94. The Morgan fingerprint density at radius 2 is 1.85 bits per heavy atom. The van der Waals surface area contributed by atoms with E-state index in [1.165, 1.54) is 5.56 Å². The first-order valence-corrected chi connectivity index (χ1v) is 9.60. The highest BCUT2D eigenvalue weighted by molar-refractivity contribution is 5.89. The topological polar surface area (TPSA) is 54.5 Å². The van der Waals surface area contributed by atoms with Crippen LogP contribution in [-0.2, 0) is 16.8 Å². The lowest BCUT2D eigenvalue weighted by Gasteiger charge is -2.32. The number of pyridine rings is 1. The van der Waals surface area contributed by atoms with Gasteiger partial charge in [-0.05, 0) is 48.1 Å². The van der Waals surface area contributed by atoms with Crippen molar-refractivity contribution in [2.75, 3.05) is 18.4 Å². The summed E-state index contributed by atoms with van der Waals surface area (Å²) in [7, 11) is 0. The van der Waals surface area contributed by atoms with Gasteiger partial charge in [-0.2, -0.15) is 0 Å². The molecule has 3 rings (SSSR count). The summed E-state index contributed by atoms with van der Waals surface area (Å²) in [6.07, 6.45) is 3.66. The fourth-order valence-electron chi connectivity index (χ4n) is 3.17. The minimum Gasteiger partial charge on any atom is -0.372 e. The number of nitrogens with one attached hydrogen (secondary N) is 1. The van der Waals surface area contributed by atoms with E-state index in [9.17, 15) is 4.79 Å². The van der Waals surface area contributed by atoms with E-state index in [1.54, 1.807) is 6.20 Å². The first-order valence-electron chi connectivity index (χ1n) is 9.60. The van der Waals surface area contributed by atoms with E-state index in [0.29, 0.717) is 19.7 Å². The zero-order valence-corrected chi connectivity index (χ0v) is 16.4. The maximum absolute atomic E-state index is 12.5. The fraction of sp³-hybridized carbons (Fsp3) is 0.455. The van der Waals surface area contributed by atoms with Crippen LogP contribution in [0.1, 0.15) is 44.9 Å². The SMILES string of the molecule is CC(C)(C)c1ccc(NC(=O)N2CCC(OCc3ccccn3)CC2)cc1. The average molecular weight is 367 g/mol. The normalized spacial score (nSPS) is 15.6. The minimum atomic E-state index is -0.0401. The molecule has 5 nitrogen and oxygen atoms in total. The van der Waals surface area contributed by atoms with Crippen LogP contribution in [0.5, 0.6) is 0 Å². The van der Waals surface area contributed by atoms with Crippen LogP contribution in [0.15, 0.2) is 48.7 Å². The number of hydrogen-bond donors (Lipinski definition) is 1. The summed E-state index contributed by atoms with van der Waals surface area (Å²) in [6.45, 7) is 8.48. The zero-order chi connectivity index (χ0) is 19.3. The summed E-state index contributed by atoms with van der Waals surface area (Å²) in [5.74, 6) is 0. The van der Waals surface area contributed by atoms with Gasteiger partial charge >= 0.3 is 6.03 Å². The zero-order valence-electron chi connectivity index (χ0n) is 16.4. The number of rotatable bonds is 4. The van der Waals surface area contributed by atoms with Crippen LogP contribution >= 0.6 is 0 Å². The maximum Gasteiger partial charge on any atom is 0.321 e. The standard InChI is InChI=1S/C22H29N3O2/c1-22(2,3)17-7-9-18(10-8-17)24-21(26)25-14-11-20(12-15-25)27-16-19-6-4-5-13-23-19/h4-10,13,20H,11-12,14-16H2,1-3H3,(H,24,26). The average Bonchev–Trinajstić information content (AvgIpc) is 2.67. The molecule has 0 aliphatic carbocycles. The highest BCUT2D eigenvalue weighted by Gasteiger charge is 2.23. The molecule has 1 aromatic heterocycles. The van der Waals surface area contributed by atoms with Gasteiger partial charge in [0.25, 0.3) is 0 Å². The third kappa shape index (κ3) is 5.54. The number of carbonyl (C=O) groups is 1. The minimum absolute atomic E-state index is 0.0401. The lowest BCUT2D eigenvalue weighted by atomic mass is 9.87. The number of aromatic nitrogens is 1. The monoisotopic (exact) mass is 367 g/mol. The number of ether oxygens (including phenoxy) is 1. The van der Waals surface area contributed by atoms with Crippen LogP contribution in [-0.4, -0.2) is 35.1 Å². The van der Waals surface area contributed by atoms with Gasteiger partial charge in [0, 0.05) is 25.0 Å². The number of likely N-dealkylation sites (tertiary alicyclic amines) is 1. The molecule has 2 amide bonds. The van der Waals surface area contributed by atoms with E-state index < -0.39 is 0 Å². The third-order valence-corrected chi connectivity index (χ3v) is 4.92. The van der Waals surface area contributed by atoms with Gasteiger partial charge in [0.15, 0.2) is 0 Å². The number of urea groups is 1. The lowest BCUT2D eigenvalue weighted by molar-refractivity contribution is 0.00399. The summed E-state index contributed by atoms with van der Waals surface area (Å²) in [5.41, 5.74) is 3.14. The Hall–Kier alpha value is -2.40. The number of anilines is 1. The van der Waals surface area contributed by atoms with Crippen LogP contribution in [0.2, 0.25) is 0 Å². The number of nitrogens with zero attached hydrogens (tertiary/aromatic N) is 2. The van der Waals surface area contributed by atoms with Crippen LogP contribution < -0.4 is 5.32 Å². The number of piperidine rings is 1. The molecule has 1 N–H and O–H groups in total. The number of amides is 2. The number of carbonyl (C=O) groups excluding carboxylic acids is 1. The molecule has 27 heavy (non-hydrogen) atoms. The Balaban J connectivity index is 1.44. The predicted octanol–water partition coefficient (Wildman–Crippen LogP) is 4.59. The second-order valence-corrected chi connectivity index (χ2v) is 8.08. The Morgan fingerprint density at radius 1 is 1.15 bits per heavy atom. The molecule has 1 aromatic carbocycles. The molecule has 1 fully saturated rings. The van der Waals surface area contributed by atoms with Gasteiger partial charge in [0.2, 0.25) is 0 Å². The quantitative estimate of drug-likeness (QED) is 0.860. The van der Waals surface area contributed by atoms with Crippen molar-refractivity contribution in [1.29, 1.82) is 0 Å². The van der Waals surface area contributed by atoms with Gasteiger partial charge < -0.3 is 15.0 Å². The molecule has 1 aliphatic heterocycles.